The summed E-state index contributed by atoms with van der Waals surface area (Å²) in [5, 5.41) is 3.50. The molecule has 1 atom stereocenters. The Bertz CT molecular complexity index is 692. The number of nitrogens with zero attached hydrogens (tertiary/aromatic N) is 2. The minimum absolute atomic E-state index is 0.0424. The third-order valence-electron chi connectivity index (χ3n) is 5.09. The van der Waals surface area contributed by atoms with Crippen molar-refractivity contribution in [2.24, 2.45) is 20.0 Å². The standard InChI is InChI=1S/C17H25N3O/c1-18-16(12-7-5-4-6-8-12)13-9-10-14-15(11-13)20(3)17(21)19(14)2/h9-12,16,18H,4-8H2,1-3H3. The van der Waals surface area contributed by atoms with Gasteiger partial charge in [-0.25, -0.2) is 4.79 Å². The number of aryl methyl sites for hydroxylation is 2. The van der Waals surface area contributed by atoms with Crippen molar-refractivity contribution < 1.29 is 0 Å². The largest absolute Gasteiger partial charge is 0.328 e. The van der Waals surface area contributed by atoms with Gasteiger partial charge < -0.3 is 5.32 Å². The van der Waals surface area contributed by atoms with Gasteiger partial charge >= 0.3 is 5.69 Å². The average Bonchev–Trinajstić information content (AvgIpc) is 2.74. The van der Waals surface area contributed by atoms with Crippen molar-refractivity contribution in [3.63, 3.8) is 0 Å². The number of rotatable bonds is 3. The molecule has 2 aromatic rings. The summed E-state index contributed by atoms with van der Waals surface area (Å²) in [6.07, 6.45) is 6.66. The van der Waals surface area contributed by atoms with E-state index in [-0.39, 0.29) is 5.69 Å². The molecule has 1 aliphatic carbocycles. The summed E-state index contributed by atoms with van der Waals surface area (Å²) in [4.78, 5) is 12.1. The maximum Gasteiger partial charge on any atom is 0.328 e. The van der Waals surface area contributed by atoms with E-state index in [1.165, 1.54) is 37.7 Å². The van der Waals surface area contributed by atoms with Gasteiger partial charge in [0, 0.05) is 20.1 Å². The smallest absolute Gasteiger partial charge is 0.313 e. The van der Waals surface area contributed by atoms with Gasteiger partial charge in [0.15, 0.2) is 0 Å². The van der Waals surface area contributed by atoms with E-state index in [2.05, 4.69) is 23.5 Å². The number of hydrogen-bond donors (Lipinski definition) is 1. The van der Waals surface area contributed by atoms with Crippen LogP contribution in [0.4, 0.5) is 0 Å². The van der Waals surface area contributed by atoms with Crippen LogP contribution in [-0.2, 0) is 14.1 Å². The Hall–Kier alpha value is -1.55. The van der Waals surface area contributed by atoms with E-state index >= 15 is 0 Å². The van der Waals surface area contributed by atoms with Crippen LogP contribution in [0.5, 0.6) is 0 Å². The van der Waals surface area contributed by atoms with Crippen LogP contribution >= 0.6 is 0 Å². The van der Waals surface area contributed by atoms with Gasteiger partial charge in [0.2, 0.25) is 0 Å². The fraction of sp³-hybridized carbons (Fsp3) is 0.588. The van der Waals surface area contributed by atoms with Crippen molar-refractivity contribution in [3.05, 3.63) is 34.2 Å². The first kappa shape index (κ1) is 14.4. The van der Waals surface area contributed by atoms with Crippen molar-refractivity contribution in [1.29, 1.82) is 0 Å². The molecular formula is C17H25N3O. The molecule has 0 saturated heterocycles. The van der Waals surface area contributed by atoms with Gasteiger partial charge in [-0.3, -0.25) is 9.13 Å². The Kier molecular flexibility index (Phi) is 3.89. The van der Waals surface area contributed by atoms with Gasteiger partial charge in [0.05, 0.1) is 11.0 Å². The zero-order valence-corrected chi connectivity index (χ0v) is 13.2. The van der Waals surface area contributed by atoms with Crippen LogP contribution in [-0.4, -0.2) is 16.2 Å². The summed E-state index contributed by atoms with van der Waals surface area (Å²) in [6.45, 7) is 0. The summed E-state index contributed by atoms with van der Waals surface area (Å²) >= 11 is 0. The highest BCUT2D eigenvalue weighted by atomic mass is 16.1. The molecule has 1 heterocycles. The van der Waals surface area contributed by atoms with Crippen molar-refractivity contribution in [2.45, 2.75) is 38.1 Å². The molecular weight excluding hydrogens is 262 g/mol. The summed E-state index contributed by atoms with van der Waals surface area (Å²) < 4.78 is 3.46. The molecule has 1 aromatic heterocycles. The summed E-state index contributed by atoms with van der Waals surface area (Å²) in [5.41, 5.74) is 3.37. The maximum atomic E-state index is 12.1. The van der Waals surface area contributed by atoms with E-state index in [9.17, 15) is 4.79 Å². The number of hydrogen-bond acceptors (Lipinski definition) is 2. The zero-order chi connectivity index (χ0) is 15.0. The molecule has 0 bridgehead atoms. The molecule has 0 radical (unpaired) electrons. The van der Waals surface area contributed by atoms with E-state index in [1.807, 2.05) is 21.1 Å². The first-order valence-corrected chi connectivity index (χ1v) is 7.96. The number of imidazole rings is 1. The fourth-order valence-electron chi connectivity index (χ4n) is 3.86. The van der Waals surface area contributed by atoms with Crippen molar-refractivity contribution >= 4 is 11.0 Å². The SMILES string of the molecule is CNC(c1ccc2c(c1)n(C)c(=O)n2C)C1CCCCC1. The Balaban J connectivity index is 2.02. The lowest BCUT2D eigenvalue weighted by molar-refractivity contribution is 0.282. The lowest BCUT2D eigenvalue weighted by Gasteiger charge is -2.30. The molecule has 4 heteroatoms. The van der Waals surface area contributed by atoms with E-state index in [0.717, 1.165) is 11.0 Å². The van der Waals surface area contributed by atoms with Gasteiger partial charge in [-0.05, 0) is 43.5 Å². The molecule has 1 N–H and O–H groups in total. The molecule has 1 saturated carbocycles. The van der Waals surface area contributed by atoms with Crippen LogP contribution in [0.15, 0.2) is 23.0 Å². The van der Waals surface area contributed by atoms with Crippen LogP contribution in [0.1, 0.15) is 43.7 Å². The second-order valence-corrected chi connectivity index (χ2v) is 6.31. The quantitative estimate of drug-likeness (QED) is 0.942. The van der Waals surface area contributed by atoms with E-state index in [1.54, 1.807) is 9.13 Å². The minimum atomic E-state index is 0.0424. The highest BCUT2D eigenvalue weighted by Crippen LogP contribution is 2.34. The number of nitrogens with one attached hydrogen (secondary N) is 1. The maximum absolute atomic E-state index is 12.1. The van der Waals surface area contributed by atoms with E-state index < -0.39 is 0 Å². The molecule has 1 aliphatic rings. The van der Waals surface area contributed by atoms with Gasteiger partial charge in [0.1, 0.15) is 0 Å². The monoisotopic (exact) mass is 287 g/mol. The molecule has 114 valence electrons. The molecule has 0 aliphatic heterocycles. The molecule has 1 fully saturated rings. The predicted octanol–water partition coefficient (Wildman–Crippen LogP) is 2.72. The lowest BCUT2D eigenvalue weighted by atomic mass is 9.81. The minimum Gasteiger partial charge on any atom is -0.313 e. The predicted molar refractivity (Wildman–Crippen MR) is 86.5 cm³/mol. The molecule has 4 nitrogen and oxygen atoms in total. The van der Waals surface area contributed by atoms with Crippen LogP contribution in [0.25, 0.3) is 11.0 Å². The van der Waals surface area contributed by atoms with Crippen LogP contribution in [0.2, 0.25) is 0 Å². The summed E-state index contributed by atoms with van der Waals surface area (Å²) in [6, 6.07) is 6.84. The topological polar surface area (TPSA) is 39.0 Å². The fourth-order valence-corrected chi connectivity index (χ4v) is 3.86. The number of aromatic nitrogens is 2. The molecule has 3 rings (SSSR count). The third kappa shape index (κ3) is 2.42. The zero-order valence-electron chi connectivity index (χ0n) is 13.2. The van der Waals surface area contributed by atoms with Gasteiger partial charge in [-0.15, -0.1) is 0 Å². The first-order valence-electron chi connectivity index (χ1n) is 7.96. The Morgan fingerprint density at radius 2 is 1.76 bits per heavy atom. The third-order valence-corrected chi connectivity index (χ3v) is 5.09. The second-order valence-electron chi connectivity index (χ2n) is 6.31. The Morgan fingerprint density at radius 1 is 1.10 bits per heavy atom. The second kappa shape index (κ2) is 5.68. The average molecular weight is 287 g/mol. The first-order chi connectivity index (χ1) is 10.1. The number of benzene rings is 1. The van der Waals surface area contributed by atoms with Gasteiger partial charge in [-0.1, -0.05) is 25.3 Å². The highest BCUT2D eigenvalue weighted by molar-refractivity contribution is 5.77. The summed E-state index contributed by atoms with van der Waals surface area (Å²) in [5.74, 6) is 0.710. The Labute approximate surface area is 125 Å². The molecule has 1 aromatic carbocycles. The molecule has 21 heavy (non-hydrogen) atoms. The highest BCUT2D eigenvalue weighted by Gasteiger charge is 2.24. The van der Waals surface area contributed by atoms with Gasteiger partial charge in [-0.2, -0.15) is 0 Å². The molecule has 1 unspecified atom stereocenters. The van der Waals surface area contributed by atoms with Crippen molar-refractivity contribution in [3.8, 4) is 0 Å². The molecule has 0 amide bonds. The number of fused-ring (bicyclic) bond motifs is 1. The summed E-state index contributed by atoms with van der Waals surface area (Å²) in [7, 11) is 5.73. The van der Waals surface area contributed by atoms with E-state index in [0.29, 0.717) is 12.0 Å². The van der Waals surface area contributed by atoms with Crippen LogP contribution in [0, 0.1) is 5.92 Å². The van der Waals surface area contributed by atoms with Crippen LogP contribution < -0.4 is 11.0 Å². The van der Waals surface area contributed by atoms with Gasteiger partial charge in [0.25, 0.3) is 0 Å². The lowest BCUT2D eigenvalue weighted by Crippen LogP contribution is -2.27. The Morgan fingerprint density at radius 3 is 2.43 bits per heavy atom. The van der Waals surface area contributed by atoms with E-state index in [4.69, 9.17) is 0 Å². The normalized spacial score (nSPS) is 18.2. The van der Waals surface area contributed by atoms with Crippen molar-refractivity contribution in [1.82, 2.24) is 14.5 Å². The van der Waals surface area contributed by atoms with Crippen LogP contribution in [0.3, 0.4) is 0 Å². The molecule has 0 spiro atoms. The van der Waals surface area contributed by atoms with Crippen molar-refractivity contribution in [2.75, 3.05) is 7.05 Å².